The van der Waals surface area contributed by atoms with Crippen molar-refractivity contribution in [3.05, 3.63) is 12.7 Å². The van der Waals surface area contributed by atoms with E-state index in [4.69, 9.17) is 19.5 Å². The van der Waals surface area contributed by atoms with Gasteiger partial charge in [0, 0.05) is 37.1 Å². The fraction of sp³-hybridized carbons (Fsp3) is 0.778. The van der Waals surface area contributed by atoms with Crippen LogP contribution in [0.3, 0.4) is 0 Å². The lowest BCUT2D eigenvalue weighted by atomic mass is 9.87. The number of imidazole rings is 1. The molecule has 1 aliphatic rings. The lowest BCUT2D eigenvalue weighted by molar-refractivity contribution is -0.137. The van der Waals surface area contributed by atoms with Gasteiger partial charge in [-0.05, 0) is 6.42 Å². The van der Waals surface area contributed by atoms with E-state index < -0.39 is 84.6 Å². The maximum atomic E-state index is 12.7. The molecule has 366 valence electrons. The molecule has 10 N–H and O–H groups in total. The van der Waals surface area contributed by atoms with Gasteiger partial charge in [0.05, 0.1) is 19.5 Å². The monoisotopic (exact) mass is 991 g/mol. The molecule has 2 amide bonds. The van der Waals surface area contributed by atoms with E-state index in [2.05, 4.69) is 41.3 Å². The van der Waals surface area contributed by atoms with Crippen LogP contribution in [0.4, 0.5) is 5.82 Å². The Hall–Kier alpha value is -2.44. The van der Waals surface area contributed by atoms with Crippen LogP contribution in [0, 0.1) is 5.41 Å². The molecule has 1 fully saturated rings. The van der Waals surface area contributed by atoms with Gasteiger partial charge in [-0.15, -0.1) is 0 Å². The molecule has 1 saturated heterocycles. The second kappa shape index (κ2) is 26.8. The number of ether oxygens (including phenoxy) is 1. The van der Waals surface area contributed by atoms with Crippen molar-refractivity contribution in [2.24, 2.45) is 5.41 Å². The number of fused-ring (bicyclic) bond motifs is 1. The number of carbonyl (C=O) groups is 3. The van der Waals surface area contributed by atoms with Gasteiger partial charge in [-0.3, -0.25) is 32.5 Å². The van der Waals surface area contributed by atoms with Crippen LogP contribution in [-0.2, 0) is 50.7 Å². The first-order chi connectivity index (χ1) is 30.1. The minimum Gasteiger partial charge on any atom is -0.386 e. The summed E-state index contributed by atoms with van der Waals surface area (Å²) in [7, 11) is -16.4. The SMILES string of the molecule is CCCCCCCCCCCCCCC(=O)SCCNC(=O)CCNC(=O)C(O)C(C)(C)COP(=O)(O)OP(=O)(O)OCC1OC(n2cnc3c(N)ncnc32)C(O)C1OP(=O)(O)O. The summed E-state index contributed by atoms with van der Waals surface area (Å²) in [5.74, 6) is -1.02. The van der Waals surface area contributed by atoms with E-state index in [1.165, 1.54) is 71.6 Å². The number of hydrogen-bond donors (Lipinski definition) is 9. The van der Waals surface area contributed by atoms with Gasteiger partial charge in [0.15, 0.2) is 22.8 Å². The number of carbonyl (C=O) groups excluding carboxylic acids is 3. The summed E-state index contributed by atoms with van der Waals surface area (Å²) in [4.78, 5) is 88.2. The number of thioether (sulfide) groups is 1. The van der Waals surface area contributed by atoms with Crippen LogP contribution in [0.25, 0.3) is 11.2 Å². The van der Waals surface area contributed by atoms with Gasteiger partial charge in [-0.25, -0.2) is 28.6 Å². The van der Waals surface area contributed by atoms with Crippen LogP contribution in [0.1, 0.15) is 117 Å². The number of unbranched alkanes of at least 4 members (excludes halogenated alkanes) is 11. The highest BCUT2D eigenvalue weighted by Gasteiger charge is 2.50. The summed E-state index contributed by atoms with van der Waals surface area (Å²) in [5.41, 5.74) is 4.29. The van der Waals surface area contributed by atoms with E-state index in [0.29, 0.717) is 12.2 Å². The molecule has 3 heterocycles. The Morgan fingerprint density at radius 1 is 0.891 bits per heavy atom. The quantitative estimate of drug-likeness (QED) is 0.0372. The molecule has 0 spiro atoms. The van der Waals surface area contributed by atoms with Crippen molar-refractivity contribution in [2.75, 3.05) is 37.8 Å². The number of anilines is 1. The van der Waals surface area contributed by atoms with Crippen LogP contribution in [0.5, 0.6) is 0 Å². The predicted octanol–water partition coefficient (Wildman–Crippen LogP) is 3.76. The Labute approximate surface area is 376 Å². The molecule has 7 unspecified atom stereocenters. The normalized spacial score (nSPS) is 20.5. The van der Waals surface area contributed by atoms with Crippen molar-refractivity contribution >= 4 is 69.1 Å². The van der Waals surface area contributed by atoms with Crippen molar-refractivity contribution in [2.45, 2.75) is 141 Å². The summed E-state index contributed by atoms with van der Waals surface area (Å²) < 4.78 is 62.4. The average molecular weight is 992 g/mol. The predicted molar refractivity (Wildman–Crippen MR) is 233 cm³/mol. The Kier molecular flexibility index (Phi) is 23.4. The second-order valence-corrected chi connectivity index (χ2v) is 21.3. The number of aliphatic hydroxyl groups is 2. The zero-order valence-corrected chi connectivity index (χ0v) is 39.8. The number of hydrogen-bond acceptors (Lipinski definition) is 18. The molecule has 28 heteroatoms. The van der Waals surface area contributed by atoms with Crippen LogP contribution in [-0.4, -0.2) is 123 Å². The minimum atomic E-state index is -5.57. The van der Waals surface area contributed by atoms with E-state index in [-0.39, 0.29) is 41.6 Å². The summed E-state index contributed by atoms with van der Waals surface area (Å²) in [6.07, 6.45) is 8.13. The number of nitrogens with two attached hydrogens (primary N) is 1. The highest BCUT2D eigenvalue weighted by molar-refractivity contribution is 8.13. The molecule has 0 aliphatic carbocycles. The van der Waals surface area contributed by atoms with Crippen molar-refractivity contribution in [3.63, 3.8) is 0 Å². The van der Waals surface area contributed by atoms with E-state index in [1.807, 2.05) is 0 Å². The smallest absolute Gasteiger partial charge is 0.386 e. The molecule has 0 bridgehead atoms. The van der Waals surface area contributed by atoms with Crippen molar-refractivity contribution in [1.29, 1.82) is 0 Å². The fourth-order valence-electron chi connectivity index (χ4n) is 6.48. The number of rotatable bonds is 32. The van der Waals surface area contributed by atoms with Crippen molar-refractivity contribution < 1.29 is 80.5 Å². The molecule has 64 heavy (non-hydrogen) atoms. The number of nitrogens with zero attached hydrogens (tertiary/aromatic N) is 4. The van der Waals surface area contributed by atoms with E-state index in [1.54, 1.807) is 0 Å². The minimum absolute atomic E-state index is 0.0336. The van der Waals surface area contributed by atoms with Gasteiger partial charge in [0.2, 0.25) is 11.8 Å². The molecule has 2 aromatic rings. The van der Waals surface area contributed by atoms with Gasteiger partial charge < -0.3 is 50.9 Å². The van der Waals surface area contributed by atoms with Crippen LogP contribution < -0.4 is 16.4 Å². The molecule has 3 rings (SSSR count). The van der Waals surface area contributed by atoms with Gasteiger partial charge in [-0.2, -0.15) is 4.31 Å². The lowest BCUT2D eigenvalue weighted by Crippen LogP contribution is -2.46. The number of amides is 2. The molecule has 24 nitrogen and oxygen atoms in total. The van der Waals surface area contributed by atoms with Crippen LogP contribution >= 0.6 is 35.2 Å². The molecular weight excluding hydrogens is 927 g/mol. The summed E-state index contributed by atoms with van der Waals surface area (Å²) in [6, 6.07) is 0. The third kappa shape index (κ3) is 19.8. The van der Waals surface area contributed by atoms with Gasteiger partial charge >= 0.3 is 23.5 Å². The largest absolute Gasteiger partial charge is 0.481 e. The zero-order valence-electron chi connectivity index (χ0n) is 36.3. The number of aliphatic hydroxyl groups excluding tert-OH is 2. The second-order valence-electron chi connectivity index (χ2n) is 15.9. The maximum absolute atomic E-state index is 12.7. The first-order valence-corrected chi connectivity index (χ1v) is 26.6. The van der Waals surface area contributed by atoms with Gasteiger partial charge in [-0.1, -0.05) is 103 Å². The number of aromatic nitrogens is 4. The molecule has 1 aliphatic heterocycles. The third-order valence-electron chi connectivity index (χ3n) is 10.00. The highest BCUT2D eigenvalue weighted by atomic mass is 32.2. The van der Waals surface area contributed by atoms with E-state index >= 15 is 0 Å². The average Bonchev–Trinajstić information content (AvgIpc) is 3.78. The number of phosphoric acid groups is 3. The van der Waals surface area contributed by atoms with Gasteiger partial charge in [0.25, 0.3) is 0 Å². The Bertz CT molecular complexity index is 1940. The topological polar surface area (TPSA) is 364 Å². The summed E-state index contributed by atoms with van der Waals surface area (Å²) in [6.45, 7) is 2.80. The Morgan fingerprint density at radius 3 is 2.12 bits per heavy atom. The van der Waals surface area contributed by atoms with Crippen LogP contribution in [0.15, 0.2) is 12.7 Å². The van der Waals surface area contributed by atoms with Crippen LogP contribution in [0.2, 0.25) is 0 Å². The van der Waals surface area contributed by atoms with E-state index in [0.717, 1.165) is 48.2 Å². The first-order valence-electron chi connectivity index (χ1n) is 21.1. The molecule has 7 atom stereocenters. The number of nitrogens with one attached hydrogen (secondary N) is 2. The standard InChI is InChI=1S/C36H64N7O17P3S/c1-4-5-6-7-8-9-10-11-12-13-14-15-16-27(45)64-20-19-38-26(44)17-18-39-34(48)31(47)36(2,3)22-57-63(54,55)60-62(52,53)56-21-25-30(59-61(49,50)51)29(46)35(58-25)43-24-42-28-32(37)40-23-41-33(28)43/h23-25,29-31,35,46-47H,4-22H2,1-3H3,(H,38,44)(H,39,48)(H,52,53)(H,54,55)(H2,37,40,41)(H2,49,50,51). The maximum Gasteiger partial charge on any atom is 0.481 e. The van der Waals surface area contributed by atoms with Crippen molar-refractivity contribution in [1.82, 2.24) is 30.2 Å². The number of phosphoric ester groups is 3. The molecule has 2 aromatic heterocycles. The Morgan fingerprint density at radius 2 is 1.50 bits per heavy atom. The molecular formula is C36H64N7O17P3S. The van der Waals surface area contributed by atoms with E-state index in [9.17, 15) is 57.9 Å². The summed E-state index contributed by atoms with van der Waals surface area (Å²) >= 11 is 1.15. The third-order valence-corrected chi connectivity index (χ3v) is 14.0. The van der Waals surface area contributed by atoms with Gasteiger partial charge in [0.1, 0.15) is 36.3 Å². The highest BCUT2D eigenvalue weighted by Crippen LogP contribution is 2.61. The molecule has 0 radical (unpaired) electrons. The van der Waals surface area contributed by atoms with Crippen molar-refractivity contribution in [3.8, 4) is 0 Å². The first kappa shape index (κ1) is 55.9. The summed E-state index contributed by atoms with van der Waals surface area (Å²) in [5, 5.41) is 26.6. The Balaban J connectivity index is 1.34. The molecule has 0 saturated carbocycles. The lowest BCUT2D eigenvalue weighted by Gasteiger charge is -2.30. The zero-order chi connectivity index (χ0) is 47.6. The molecule has 0 aromatic carbocycles. The number of nitrogen functional groups attached to an aromatic ring is 1. The fourth-order valence-corrected chi connectivity index (χ4v) is 10.0.